The fourth-order valence-electron chi connectivity index (χ4n) is 2.36. The average molecular weight is 438 g/mol. The van der Waals surface area contributed by atoms with Crippen molar-refractivity contribution in [3.63, 3.8) is 0 Å². The lowest BCUT2D eigenvalue weighted by Crippen LogP contribution is -2.19. The molecule has 1 atom stereocenters. The Balaban J connectivity index is 2.49. The van der Waals surface area contributed by atoms with Crippen LogP contribution >= 0.6 is 23.2 Å². The van der Waals surface area contributed by atoms with Gasteiger partial charge in [0.2, 0.25) is 0 Å². The average Bonchev–Trinajstić information content (AvgIpc) is 2.58. The predicted octanol–water partition coefficient (Wildman–Crippen LogP) is 6.10. The molecule has 0 radical (unpaired) electrons. The maximum atomic E-state index is 13.5. The van der Waals surface area contributed by atoms with Gasteiger partial charge in [-0.15, -0.1) is 0 Å². The van der Waals surface area contributed by atoms with Gasteiger partial charge >= 0.3 is 12.1 Å². The standard InChI is InChI=1S/C17H9Cl2F4NO4/c18-12-6-9(7-13(19)15(12)20)11(17(21,22)23)4-2-8-1-3-10(16(25)26)14(5-8)24(27)28/h1-7,11H,(H,25,26). The lowest BCUT2D eigenvalue weighted by molar-refractivity contribution is -0.385. The number of carboxylic acid groups (broad SMARTS) is 1. The van der Waals surface area contributed by atoms with Gasteiger partial charge in [0.25, 0.3) is 5.69 Å². The van der Waals surface area contributed by atoms with Crippen LogP contribution in [-0.2, 0) is 0 Å². The molecule has 0 aromatic heterocycles. The predicted molar refractivity (Wildman–Crippen MR) is 94.3 cm³/mol. The molecule has 0 amide bonds. The summed E-state index contributed by atoms with van der Waals surface area (Å²) in [6.07, 6.45) is -3.19. The fraction of sp³-hybridized carbons (Fsp3) is 0.118. The van der Waals surface area contributed by atoms with Crippen molar-refractivity contribution in [1.82, 2.24) is 0 Å². The maximum absolute atomic E-state index is 13.5. The van der Waals surface area contributed by atoms with Gasteiger partial charge in [0.1, 0.15) is 5.56 Å². The molecule has 0 aliphatic rings. The first-order valence-electron chi connectivity index (χ1n) is 7.33. The molecule has 2 aromatic rings. The summed E-state index contributed by atoms with van der Waals surface area (Å²) < 4.78 is 53.8. The first kappa shape index (κ1) is 21.6. The summed E-state index contributed by atoms with van der Waals surface area (Å²) >= 11 is 11.1. The molecular weight excluding hydrogens is 429 g/mol. The van der Waals surface area contributed by atoms with Crippen molar-refractivity contribution in [2.24, 2.45) is 0 Å². The van der Waals surface area contributed by atoms with E-state index in [1.54, 1.807) is 0 Å². The van der Waals surface area contributed by atoms with E-state index in [2.05, 4.69) is 0 Å². The number of aromatic carboxylic acids is 1. The van der Waals surface area contributed by atoms with Gasteiger partial charge in [-0.3, -0.25) is 10.1 Å². The third kappa shape index (κ3) is 4.79. The fourth-order valence-corrected chi connectivity index (χ4v) is 2.86. The van der Waals surface area contributed by atoms with Crippen LogP contribution in [0, 0.1) is 15.9 Å². The van der Waals surface area contributed by atoms with E-state index in [1.807, 2.05) is 0 Å². The van der Waals surface area contributed by atoms with Crippen LogP contribution in [-0.4, -0.2) is 22.2 Å². The first-order valence-corrected chi connectivity index (χ1v) is 8.08. The van der Waals surface area contributed by atoms with E-state index in [1.165, 1.54) is 0 Å². The quantitative estimate of drug-likeness (QED) is 0.265. The molecule has 1 unspecified atom stereocenters. The molecule has 0 aliphatic carbocycles. The molecule has 0 spiro atoms. The maximum Gasteiger partial charge on any atom is 0.399 e. The molecular formula is C17H9Cl2F4NO4. The zero-order chi connectivity index (χ0) is 21.2. The molecule has 0 aliphatic heterocycles. The minimum atomic E-state index is -4.80. The summed E-state index contributed by atoms with van der Waals surface area (Å²) in [5, 5.41) is 18.7. The summed E-state index contributed by atoms with van der Waals surface area (Å²) in [6, 6.07) is 4.42. The second-order valence-electron chi connectivity index (χ2n) is 5.52. The molecule has 5 nitrogen and oxygen atoms in total. The topological polar surface area (TPSA) is 80.4 Å². The number of benzene rings is 2. The molecule has 0 heterocycles. The van der Waals surface area contributed by atoms with Crippen molar-refractivity contribution < 1.29 is 32.4 Å². The molecule has 11 heteroatoms. The Labute approximate surface area is 165 Å². The number of allylic oxidation sites excluding steroid dienone is 1. The van der Waals surface area contributed by atoms with Crippen LogP contribution in [0.3, 0.4) is 0 Å². The number of nitro benzene ring substituents is 1. The highest BCUT2D eigenvalue weighted by Gasteiger charge is 2.39. The number of hydrogen-bond donors (Lipinski definition) is 1. The lowest BCUT2D eigenvalue weighted by Gasteiger charge is -2.18. The zero-order valence-corrected chi connectivity index (χ0v) is 15.0. The molecule has 2 rings (SSSR count). The molecule has 0 saturated heterocycles. The van der Waals surface area contributed by atoms with Crippen molar-refractivity contribution in [2.45, 2.75) is 12.1 Å². The second kappa shape index (κ2) is 8.15. The van der Waals surface area contributed by atoms with Gasteiger partial charge in [-0.25, -0.2) is 9.18 Å². The highest BCUT2D eigenvalue weighted by molar-refractivity contribution is 6.35. The van der Waals surface area contributed by atoms with E-state index in [9.17, 15) is 32.5 Å². The normalized spacial score (nSPS) is 12.9. The van der Waals surface area contributed by atoms with Gasteiger partial charge in [-0.05, 0) is 29.3 Å². The molecule has 148 valence electrons. The van der Waals surface area contributed by atoms with E-state index < -0.39 is 55.7 Å². The Morgan fingerprint density at radius 1 is 1.18 bits per heavy atom. The van der Waals surface area contributed by atoms with Gasteiger partial charge in [0.15, 0.2) is 5.82 Å². The first-order chi connectivity index (χ1) is 12.9. The van der Waals surface area contributed by atoms with Crippen LogP contribution in [0.1, 0.15) is 27.4 Å². The summed E-state index contributed by atoms with van der Waals surface area (Å²) in [7, 11) is 0. The third-order valence-electron chi connectivity index (χ3n) is 3.65. The Kier molecular flexibility index (Phi) is 6.30. The van der Waals surface area contributed by atoms with E-state index >= 15 is 0 Å². The molecule has 0 bridgehead atoms. The highest BCUT2D eigenvalue weighted by Crippen LogP contribution is 2.39. The van der Waals surface area contributed by atoms with Crippen molar-refractivity contribution in [3.8, 4) is 0 Å². The van der Waals surface area contributed by atoms with Crippen LogP contribution in [0.2, 0.25) is 10.0 Å². The van der Waals surface area contributed by atoms with Crippen LogP contribution in [0.25, 0.3) is 6.08 Å². The van der Waals surface area contributed by atoms with Gasteiger partial charge < -0.3 is 5.11 Å². The Morgan fingerprint density at radius 2 is 1.75 bits per heavy atom. The number of carbonyl (C=O) groups is 1. The van der Waals surface area contributed by atoms with Gasteiger partial charge in [-0.2, -0.15) is 13.2 Å². The number of alkyl halides is 3. The molecule has 28 heavy (non-hydrogen) atoms. The molecule has 2 aromatic carbocycles. The largest absolute Gasteiger partial charge is 0.477 e. The van der Waals surface area contributed by atoms with Crippen molar-refractivity contribution in [2.75, 3.05) is 0 Å². The van der Waals surface area contributed by atoms with Gasteiger partial charge in [0.05, 0.1) is 20.9 Å². The van der Waals surface area contributed by atoms with Gasteiger partial charge in [0, 0.05) is 6.07 Å². The van der Waals surface area contributed by atoms with E-state index in [0.29, 0.717) is 6.08 Å². The minimum Gasteiger partial charge on any atom is -0.477 e. The van der Waals surface area contributed by atoms with Crippen LogP contribution in [0.4, 0.5) is 23.2 Å². The van der Waals surface area contributed by atoms with E-state index in [4.69, 9.17) is 28.3 Å². The molecule has 0 fully saturated rings. The van der Waals surface area contributed by atoms with Crippen molar-refractivity contribution >= 4 is 40.9 Å². The van der Waals surface area contributed by atoms with Crippen LogP contribution < -0.4 is 0 Å². The SMILES string of the molecule is O=C(O)c1ccc(C=CC(c2cc(Cl)c(F)c(Cl)c2)C(F)(F)F)cc1[N+](=O)[O-]. The van der Waals surface area contributed by atoms with Crippen molar-refractivity contribution in [3.05, 3.63) is 79.1 Å². The monoisotopic (exact) mass is 437 g/mol. The number of nitrogens with zero attached hydrogens (tertiary/aromatic N) is 1. The van der Waals surface area contributed by atoms with E-state index in [-0.39, 0.29) is 5.56 Å². The van der Waals surface area contributed by atoms with E-state index in [0.717, 1.165) is 36.4 Å². The Hall–Kier alpha value is -2.65. The molecule has 0 saturated carbocycles. The van der Waals surface area contributed by atoms with Crippen molar-refractivity contribution in [1.29, 1.82) is 0 Å². The van der Waals surface area contributed by atoms with Crippen LogP contribution in [0.15, 0.2) is 36.4 Å². The smallest absolute Gasteiger partial charge is 0.399 e. The van der Waals surface area contributed by atoms with Crippen LogP contribution in [0.5, 0.6) is 0 Å². The zero-order valence-electron chi connectivity index (χ0n) is 13.5. The number of rotatable bonds is 5. The van der Waals surface area contributed by atoms with Gasteiger partial charge in [-0.1, -0.05) is 41.4 Å². The minimum absolute atomic E-state index is 0.0368. The third-order valence-corrected chi connectivity index (χ3v) is 4.20. The number of hydrogen-bond acceptors (Lipinski definition) is 3. The second-order valence-corrected chi connectivity index (χ2v) is 6.33. The Bertz CT molecular complexity index is 953. The highest BCUT2D eigenvalue weighted by atomic mass is 35.5. The molecule has 1 N–H and O–H groups in total. The number of halogens is 6. The summed E-state index contributed by atoms with van der Waals surface area (Å²) in [5.74, 6) is -4.84. The number of nitro groups is 1. The Morgan fingerprint density at radius 3 is 2.21 bits per heavy atom. The summed E-state index contributed by atoms with van der Waals surface area (Å²) in [5.41, 5.74) is -1.85. The summed E-state index contributed by atoms with van der Waals surface area (Å²) in [6.45, 7) is 0. The number of carboxylic acids is 1. The summed E-state index contributed by atoms with van der Waals surface area (Å²) in [4.78, 5) is 21.0. The lowest BCUT2D eigenvalue weighted by atomic mass is 9.96.